The molecule has 0 fully saturated rings. The van der Waals surface area contributed by atoms with Crippen LogP contribution in [-0.2, 0) is 27.8 Å². The Morgan fingerprint density at radius 3 is 2.48 bits per heavy atom. The summed E-state index contributed by atoms with van der Waals surface area (Å²) in [6, 6.07) is 15.3. The summed E-state index contributed by atoms with van der Waals surface area (Å²) in [6.07, 6.45) is 4.36. The van der Waals surface area contributed by atoms with Gasteiger partial charge in [-0.3, -0.25) is 9.78 Å². The van der Waals surface area contributed by atoms with E-state index in [2.05, 4.69) is 10.3 Å². The van der Waals surface area contributed by atoms with Gasteiger partial charge in [-0.2, -0.15) is 4.31 Å². The van der Waals surface area contributed by atoms with Crippen LogP contribution in [0.3, 0.4) is 0 Å². The Morgan fingerprint density at radius 2 is 1.84 bits per heavy atom. The molecule has 1 aromatic heterocycles. The third-order valence-corrected chi connectivity index (χ3v) is 4.86. The zero-order valence-corrected chi connectivity index (χ0v) is 15.1. The van der Waals surface area contributed by atoms with Gasteiger partial charge >= 0.3 is 0 Å². The fraction of sp³-hybridized carbons (Fsp3) is 0.333. The van der Waals surface area contributed by atoms with Gasteiger partial charge in [0.25, 0.3) is 0 Å². The van der Waals surface area contributed by atoms with Crippen LogP contribution in [0, 0.1) is 0 Å². The zero-order chi connectivity index (χ0) is 18.1. The Morgan fingerprint density at radius 1 is 1.12 bits per heavy atom. The number of hydrogen-bond acceptors (Lipinski definition) is 4. The highest BCUT2D eigenvalue weighted by atomic mass is 32.2. The molecule has 2 aromatic rings. The molecule has 6 nitrogen and oxygen atoms in total. The minimum atomic E-state index is -3.50. The van der Waals surface area contributed by atoms with Gasteiger partial charge in [-0.15, -0.1) is 0 Å². The minimum Gasteiger partial charge on any atom is -0.355 e. The number of nitrogens with zero attached hydrogens (tertiary/aromatic N) is 2. The van der Waals surface area contributed by atoms with Crippen molar-refractivity contribution in [1.29, 1.82) is 0 Å². The van der Waals surface area contributed by atoms with E-state index in [0.717, 1.165) is 23.4 Å². The van der Waals surface area contributed by atoms with E-state index >= 15 is 0 Å². The Bertz CT molecular complexity index is 765. The second kappa shape index (κ2) is 9.29. The highest BCUT2D eigenvalue weighted by Gasteiger charge is 2.20. The molecule has 134 valence electrons. The summed E-state index contributed by atoms with van der Waals surface area (Å²) in [4.78, 5) is 16.2. The van der Waals surface area contributed by atoms with Gasteiger partial charge < -0.3 is 5.32 Å². The summed E-state index contributed by atoms with van der Waals surface area (Å²) >= 11 is 0. The second-order valence-electron chi connectivity index (χ2n) is 5.79. The molecule has 1 N–H and O–H groups in total. The lowest BCUT2D eigenvalue weighted by atomic mass is 10.1. The molecular formula is C18H23N3O3S. The largest absolute Gasteiger partial charge is 0.355 e. The van der Waals surface area contributed by atoms with Crippen molar-refractivity contribution < 1.29 is 13.2 Å². The summed E-state index contributed by atoms with van der Waals surface area (Å²) in [5.41, 5.74) is 1.81. The van der Waals surface area contributed by atoms with Crippen LogP contribution >= 0.6 is 0 Å². The first-order chi connectivity index (χ1) is 11.9. The van der Waals surface area contributed by atoms with Crippen molar-refractivity contribution in [3.05, 3.63) is 66.0 Å². The number of sulfonamides is 1. The van der Waals surface area contributed by atoms with E-state index in [1.165, 1.54) is 5.56 Å². The molecule has 2 rings (SSSR count). The first-order valence-electron chi connectivity index (χ1n) is 8.11. The molecule has 0 saturated heterocycles. The van der Waals surface area contributed by atoms with Crippen molar-refractivity contribution in [1.82, 2.24) is 14.6 Å². The van der Waals surface area contributed by atoms with Crippen molar-refractivity contribution in [3.63, 3.8) is 0 Å². The number of rotatable bonds is 9. The molecular weight excluding hydrogens is 338 g/mol. The van der Waals surface area contributed by atoms with E-state index in [9.17, 15) is 13.2 Å². The van der Waals surface area contributed by atoms with E-state index in [-0.39, 0.29) is 19.0 Å². The van der Waals surface area contributed by atoms with Crippen molar-refractivity contribution >= 4 is 15.9 Å². The topological polar surface area (TPSA) is 79.4 Å². The molecule has 7 heteroatoms. The molecule has 0 spiro atoms. The van der Waals surface area contributed by atoms with Gasteiger partial charge in [-0.1, -0.05) is 36.4 Å². The summed E-state index contributed by atoms with van der Waals surface area (Å²) in [6.45, 7) is 0.382. The smallest absolute Gasteiger partial charge is 0.235 e. The van der Waals surface area contributed by atoms with E-state index in [1.54, 1.807) is 24.4 Å². The Hall–Kier alpha value is -2.25. The van der Waals surface area contributed by atoms with Crippen LogP contribution in [0.1, 0.15) is 17.7 Å². The second-order valence-corrected chi connectivity index (χ2v) is 7.77. The number of carbonyl (C=O) groups excluding carboxylic acids is 1. The summed E-state index contributed by atoms with van der Waals surface area (Å²) in [5, 5.41) is 2.78. The van der Waals surface area contributed by atoms with Crippen LogP contribution in [0.4, 0.5) is 0 Å². The van der Waals surface area contributed by atoms with Gasteiger partial charge in [0.15, 0.2) is 0 Å². The molecule has 0 bridgehead atoms. The Labute approximate surface area is 148 Å². The van der Waals surface area contributed by atoms with E-state index in [1.807, 2.05) is 30.3 Å². The average molecular weight is 361 g/mol. The lowest BCUT2D eigenvalue weighted by molar-refractivity contribution is -0.121. The maximum Gasteiger partial charge on any atom is 0.235 e. The lowest BCUT2D eigenvalue weighted by Gasteiger charge is -2.19. The molecule has 0 unspecified atom stereocenters. The standard InChI is InChI=1S/C18H23N3O3S/c1-25(23,24)21(14-17-11-5-6-12-19-17)15-18(22)20-13-7-10-16-8-3-2-4-9-16/h2-6,8-9,11-12H,7,10,13-15H2,1H3,(H,20,22). The lowest BCUT2D eigenvalue weighted by Crippen LogP contribution is -2.40. The van der Waals surface area contributed by atoms with E-state index < -0.39 is 10.0 Å². The molecule has 0 atom stereocenters. The first kappa shape index (κ1) is 19.1. The van der Waals surface area contributed by atoms with Crippen molar-refractivity contribution in [2.45, 2.75) is 19.4 Å². The van der Waals surface area contributed by atoms with Crippen LogP contribution in [0.2, 0.25) is 0 Å². The number of pyridine rings is 1. The van der Waals surface area contributed by atoms with Gasteiger partial charge in [0.2, 0.25) is 15.9 Å². The van der Waals surface area contributed by atoms with Crippen molar-refractivity contribution in [2.75, 3.05) is 19.3 Å². The van der Waals surface area contributed by atoms with Gasteiger partial charge in [0.05, 0.1) is 25.0 Å². The molecule has 25 heavy (non-hydrogen) atoms. The third-order valence-electron chi connectivity index (χ3n) is 3.66. The molecule has 1 amide bonds. The quantitative estimate of drug-likeness (QED) is 0.688. The fourth-order valence-electron chi connectivity index (χ4n) is 2.34. The van der Waals surface area contributed by atoms with Crippen molar-refractivity contribution in [3.8, 4) is 0 Å². The van der Waals surface area contributed by atoms with E-state index in [4.69, 9.17) is 0 Å². The van der Waals surface area contributed by atoms with Crippen LogP contribution in [-0.4, -0.2) is 43.0 Å². The summed E-state index contributed by atoms with van der Waals surface area (Å²) in [5.74, 6) is -0.311. The van der Waals surface area contributed by atoms with Crippen LogP contribution in [0.25, 0.3) is 0 Å². The number of benzene rings is 1. The number of aromatic nitrogens is 1. The number of aryl methyl sites for hydroxylation is 1. The van der Waals surface area contributed by atoms with Crippen molar-refractivity contribution in [2.24, 2.45) is 0 Å². The fourth-order valence-corrected chi connectivity index (χ4v) is 3.06. The number of amides is 1. The Kier molecular flexibility index (Phi) is 7.09. The maximum atomic E-state index is 12.1. The monoisotopic (exact) mass is 361 g/mol. The average Bonchev–Trinajstić information content (AvgIpc) is 2.59. The predicted molar refractivity (Wildman–Crippen MR) is 97.3 cm³/mol. The SMILES string of the molecule is CS(=O)(=O)N(CC(=O)NCCCc1ccccc1)Cc1ccccn1. The molecule has 0 aliphatic heterocycles. The normalized spacial score (nSPS) is 11.4. The molecule has 0 aliphatic rings. The molecule has 0 aliphatic carbocycles. The number of nitrogens with one attached hydrogen (secondary N) is 1. The van der Waals surface area contributed by atoms with Gasteiger partial charge in [-0.05, 0) is 30.5 Å². The van der Waals surface area contributed by atoms with E-state index in [0.29, 0.717) is 12.2 Å². The van der Waals surface area contributed by atoms with Crippen LogP contribution in [0.15, 0.2) is 54.7 Å². The molecule has 1 heterocycles. The third kappa shape index (κ3) is 7.03. The Balaban J connectivity index is 1.81. The number of hydrogen-bond donors (Lipinski definition) is 1. The molecule has 0 radical (unpaired) electrons. The number of carbonyl (C=O) groups is 1. The predicted octanol–water partition coefficient (Wildman–Crippen LogP) is 1.59. The van der Waals surface area contributed by atoms with Crippen LogP contribution < -0.4 is 5.32 Å². The van der Waals surface area contributed by atoms with Gasteiger partial charge in [-0.25, -0.2) is 8.42 Å². The highest BCUT2D eigenvalue weighted by molar-refractivity contribution is 7.88. The summed E-state index contributed by atoms with van der Waals surface area (Å²) in [7, 11) is -3.50. The molecule has 0 saturated carbocycles. The highest BCUT2D eigenvalue weighted by Crippen LogP contribution is 2.06. The summed E-state index contributed by atoms with van der Waals surface area (Å²) < 4.78 is 24.9. The minimum absolute atomic E-state index is 0.0805. The molecule has 1 aromatic carbocycles. The zero-order valence-electron chi connectivity index (χ0n) is 14.3. The first-order valence-corrected chi connectivity index (χ1v) is 9.95. The van der Waals surface area contributed by atoms with Gasteiger partial charge in [0.1, 0.15) is 0 Å². The maximum absolute atomic E-state index is 12.1. The van der Waals surface area contributed by atoms with Gasteiger partial charge in [0, 0.05) is 12.7 Å². The van der Waals surface area contributed by atoms with Crippen LogP contribution in [0.5, 0.6) is 0 Å².